The second-order valence-electron chi connectivity index (χ2n) is 2.06. The van der Waals surface area contributed by atoms with Crippen LogP contribution in [0.25, 0.3) is 0 Å². The Hall–Kier alpha value is -0.196. The van der Waals surface area contributed by atoms with E-state index in [9.17, 15) is 18.0 Å². The predicted molar refractivity (Wildman–Crippen MR) is 28.7 cm³/mol. The number of alkyl halides is 3. The number of hydrogen-bond acceptors (Lipinski definition) is 3. The molecule has 1 unspecified atom stereocenters. The number of esters is 1. The zero-order chi connectivity index (χ0) is 9.28. The van der Waals surface area contributed by atoms with Gasteiger partial charge in [-0.2, -0.15) is 13.2 Å². The number of hydrogen-bond donors (Lipinski definition) is 1. The van der Waals surface area contributed by atoms with E-state index in [0.29, 0.717) is 6.92 Å². The molecule has 3 nitrogen and oxygen atoms in total. The monoisotopic (exact) mass is 223 g/mol. The van der Waals surface area contributed by atoms with E-state index >= 15 is 0 Å². The summed E-state index contributed by atoms with van der Waals surface area (Å²) < 4.78 is 38.9. The molecular weight excluding hydrogens is 216 g/mol. The van der Waals surface area contributed by atoms with Gasteiger partial charge in [0.05, 0.1) is 7.11 Å². The number of methoxy groups -OCH3 is 1. The summed E-state index contributed by atoms with van der Waals surface area (Å²) >= 11 is 0. The molecule has 0 bridgehead atoms. The van der Waals surface area contributed by atoms with Gasteiger partial charge in [0.2, 0.25) is 0 Å². The molecule has 0 amide bonds. The summed E-state index contributed by atoms with van der Waals surface area (Å²) in [5, 5.41) is 8.52. The second-order valence-corrected chi connectivity index (χ2v) is 2.06. The van der Waals surface area contributed by atoms with Crippen LogP contribution in [0.5, 0.6) is 0 Å². The Labute approximate surface area is 78.8 Å². The molecule has 0 aliphatic heterocycles. The molecule has 0 aliphatic carbocycles. The first-order valence-corrected chi connectivity index (χ1v) is 2.61. The van der Waals surface area contributed by atoms with Gasteiger partial charge in [-0.25, -0.2) is 4.79 Å². The minimum absolute atomic E-state index is 0. The third-order valence-corrected chi connectivity index (χ3v) is 1.13. The Bertz CT molecular complexity index is 166. The summed E-state index contributed by atoms with van der Waals surface area (Å²) in [6, 6.07) is 0. The van der Waals surface area contributed by atoms with Gasteiger partial charge in [-0.15, -0.1) is 0 Å². The summed E-state index contributed by atoms with van der Waals surface area (Å²) in [6.45, 7) is 0.332. The minimum atomic E-state index is -5.00. The Morgan fingerprint density at radius 1 is 1.42 bits per heavy atom. The van der Waals surface area contributed by atoms with E-state index in [1.165, 1.54) is 0 Å². The van der Waals surface area contributed by atoms with Crippen molar-refractivity contribution in [2.24, 2.45) is 0 Å². The maximum atomic E-state index is 11.7. The molecule has 0 aromatic rings. The van der Waals surface area contributed by atoms with Crippen LogP contribution >= 0.6 is 0 Å². The van der Waals surface area contributed by atoms with Crippen molar-refractivity contribution in [3.05, 3.63) is 0 Å². The molecule has 1 atom stereocenters. The molecule has 0 fully saturated rings. The number of carbonyl (C=O) groups is 1. The minimum Gasteiger partial charge on any atom is -0.467 e. The van der Waals surface area contributed by atoms with Crippen LogP contribution in [-0.2, 0) is 28.1 Å². The fraction of sp³-hybridized carbons (Fsp3) is 0.800. The SMILES string of the molecule is COC(=O)C(C)(O)C(F)(F)F.[V]. The normalized spacial score (nSPS) is 15.8. The van der Waals surface area contributed by atoms with Gasteiger partial charge < -0.3 is 9.84 Å². The Morgan fingerprint density at radius 3 is 1.83 bits per heavy atom. The summed E-state index contributed by atoms with van der Waals surface area (Å²) in [7, 11) is 0.766. The van der Waals surface area contributed by atoms with E-state index in [4.69, 9.17) is 5.11 Å². The third-order valence-electron chi connectivity index (χ3n) is 1.13. The van der Waals surface area contributed by atoms with E-state index in [-0.39, 0.29) is 18.6 Å². The molecule has 0 aliphatic rings. The number of aliphatic hydroxyl groups is 1. The van der Waals surface area contributed by atoms with Crippen molar-refractivity contribution >= 4 is 5.97 Å². The van der Waals surface area contributed by atoms with E-state index in [2.05, 4.69) is 4.74 Å². The largest absolute Gasteiger partial charge is 0.467 e. The molecule has 12 heavy (non-hydrogen) atoms. The van der Waals surface area contributed by atoms with E-state index < -0.39 is 17.7 Å². The van der Waals surface area contributed by atoms with Crippen molar-refractivity contribution in [2.75, 3.05) is 7.11 Å². The van der Waals surface area contributed by atoms with Crippen LogP contribution < -0.4 is 0 Å². The molecular formula is C5H7F3O3V. The molecule has 0 heterocycles. The average Bonchev–Trinajstić information content (AvgIpc) is 1.83. The van der Waals surface area contributed by atoms with Gasteiger partial charge >= 0.3 is 12.1 Å². The molecule has 0 spiro atoms. The predicted octanol–water partition coefficient (Wildman–Crippen LogP) is 0.470. The van der Waals surface area contributed by atoms with Crippen LogP contribution in [-0.4, -0.2) is 30.0 Å². The van der Waals surface area contributed by atoms with Crippen molar-refractivity contribution in [1.82, 2.24) is 0 Å². The molecule has 7 heteroatoms. The molecule has 0 rings (SSSR count). The van der Waals surface area contributed by atoms with E-state index in [0.717, 1.165) is 7.11 Å². The molecule has 0 saturated heterocycles. The van der Waals surface area contributed by atoms with Gasteiger partial charge in [-0.05, 0) is 6.92 Å². The quantitative estimate of drug-likeness (QED) is 0.657. The van der Waals surface area contributed by atoms with E-state index in [1.54, 1.807) is 0 Å². The van der Waals surface area contributed by atoms with Crippen LogP contribution in [0.4, 0.5) is 13.2 Å². The van der Waals surface area contributed by atoms with Crippen molar-refractivity contribution < 1.29 is 46.4 Å². The first-order valence-electron chi connectivity index (χ1n) is 2.61. The average molecular weight is 223 g/mol. The first-order chi connectivity index (χ1) is 4.73. The third kappa shape index (κ3) is 2.69. The standard InChI is InChI=1S/C5H7F3O3.V/c1-4(10,3(9)11-2)5(6,7)8;/h10H,1-2H3;. The van der Waals surface area contributed by atoms with Gasteiger partial charge in [0, 0.05) is 18.6 Å². The summed E-state index contributed by atoms with van der Waals surface area (Å²) in [4.78, 5) is 10.3. The van der Waals surface area contributed by atoms with Crippen LogP contribution in [0.2, 0.25) is 0 Å². The zero-order valence-electron chi connectivity index (χ0n) is 6.34. The van der Waals surface area contributed by atoms with Gasteiger partial charge in [-0.3, -0.25) is 0 Å². The molecule has 0 aromatic heterocycles. The van der Waals surface area contributed by atoms with Crippen LogP contribution in [0, 0.1) is 0 Å². The summed E-state index contributed by atoms with van der Waals surface area (Å²) in [5.74, 6) is -1.72. The zero-order valence-corrected chi connectivity index (χ0v) is 7.74. The molecule has 0 saturated carbocycles. The van der Waals surface area contributed by atoms with Crippen molar-refractivity contribution in [1.29, 1.82) is 0 Å². The Kier molecular flexibility index (Phi) is 4.97. The maximum Gasteiger partial charge on any atom is 0.427 e. The molecule has 1 N–H and O–H groups in total. The van der Waals surface area contributed by atoms with E-state index in [1.807, 2.05) is 0 Å². The number of carbonyl (C=O) groups excluding carboxylic acids is 1. The van der Waals surface area contributed by atoms with Gasteiger partial charge in [0.15, 0.2) is 0 Å². The smallest absolute Gasteiger partial charge is 0.427 e. The number of ether oxygens (including phenoxy) is 1. The van der Waals surface area contributed by atoms with Crippen molar-refractivity contribution in [2.45, 2.75) is 18.7 Å². The summed E-state index contributed by atoms with van der Waals surface area (Å²) in [5.41, 5.74) is -3.41. The molecule has 71 valence electrons. The van der Waals surface area contributed by atoms with Gasteiger partial charge in [0.25, 0.3) is 5.60 Å². The fourth-order valence-corrected chi connectivity index (χ4v) is 0.314. The number of rotatable bonds is 1. The van der Waals surface area contributed by atoms with Crippen molar-refractivity contribution in [3.63, 3.8) is 0 Å². The van der Waals surface area contributed by atoms with Crippen molar-refractivity contribution in [3.8, 4) is 0 Å². The fourth-order valence-electron chi connectivity index (χ4n) is 0.314. The topological polar surface area (TPSA) is 46.5 Å². The molecule has 0 aromatic carbocycles. The van der Waals surface area contributed by atoms with Crippen LogP contribution in [0.3, 0.4) is 0 Å². The maximum absolute atomic E-state index is 11.7. The van der Waals surface area contributed by atoms with Gasteiger partial charge in [-0.1, -0.05) is 0 Å². The van der Waals surface area contributed by atoms with Crippen LogP contribution in [0.1, 0.15) is 6.92 Å². The van der Waals surface area contributed by atoms with Crippen LogP contribution in [0.15, 0.2) is 0 Å². The molecule has 1 radical (unpaired) electrons. The first kappa shape index (κ1) is 14.3. The summed E-state index contributed by atoms with van der Waals surface area (Å²) in [6.07, 6.45) is -5.00. The Balaban J connectivity index is 0. The Morgan fingerprint density at radius 2 is 1.75 bits per heavy atom. The van der Waals surface area contributed by atoms with Gasteiger partial charge in [0.1, 0.15) is 0 Å². The second kappa shape index (κ2) is 4.16. The number of halogens is 3.